The molecular formula is C20H29N3O3. The monoisotopic (exact) mass is 359 g/mol. The number of aromatic nitrogens is 1. The molecule has 0 aromatic carbocycles. The van der Waals surface area contributed by atoms with E-state index in [9.17, 15) is 9.59 Å². The maximum atomic E-state index is 13.0. The number of unbranched alkanes of at least 4 members (excludes halogenated alkanes) is 1. The molecule has 0 N–H and O–H groups in total. The summed E-state index contributed by atoms with van der Waals surface area (Å²) >= 11 is 0. The maximum Gasteiger partial charge on any atom is 0.276 e. The van der Waals surface area contributed by atoms with Gasteiger partial charge in [-0.15, -0.1) is 0 Å². The van der Waals surface area contributed by atoms with Gasteiger partial charge in [0.2, 0.25) is 5.91 Å². The van der Waals surface area contributed by atoms with Crippen LogP contribution in [0.25, 0.3) is 0 Å². The summed E-state index contributed by atoms with van der Waals surface area (Å²) in [6.45, 7) is 4.46. The fourth-order valence-corrected chi connectivity index (χ4v) is 4.86. The third-order valence-corrected chi connectivity index (χ3v) is 6.34. The van der Waals surface area contributed by atoms with Gasteiger partial charge in [-0.25, -0.2) is 0 Å². The van der Waals surface area contributed by atoms with Gasteiger partial charge >= 0.3 is 0 Å². The minimum atomic E-state index is 0.0207. The largest absolute Gasteiger partial charge is 0.360 e. The Morgan fingerprint density at radius 2 is 2.08 bits per heavy atom. The molecule has 6 nitrogen and oxygen atoms in total. The zero-order valence-corrected chi connectivity index (χ0v) is 15.7. The van der Waals surface area contributed by atoms with Gasteiger partial charge in [0.25, 0.3) is 5.91 Å². The van der Waals surface area contributed by atoms with Crippen LogP contribution >= 0.6 is 0 Å². The first-order chi connectivity index (χ1) is 12.7. The Bertz CT molecular complexity index is 684. The Balaban J connectivity index is 1.46. The fraction of sp³-hybridized carbons (Fsp3) is 0.750. The minimum absolute atomic E-state index is 0.0207. The molecular weight excluding hydrogens is 330 g/mol. The van der Waals surface area contributed by atoms with Crippen molar-refractivity contribution in [2.75, 3.05) is 19.6 Å². The first-order valence-electron chi connectivity index (χ1n) is 10.2. The summed E-state index contributed by atoms with van der Waals surface area (Å²) in [5, 5.41) is 4.11. The van der Waals surface area contributed by atoms with Crippen LogP contribution in [0.3, 0.4) is 0 Å². The number of hydrogen-bond donors (Lipinski definition) is 0. The van der Waals surface area contributed by atoms with Gasteiger partial charge in [-0.3, -0.25) is 9.59 Å². The van der Waals surface area contributed by atoms with E-state index in [1.165, 1.54) is 0 Å². The molecule has 1 aromatic rings. The number of amides is 2. The van der Waals surface area contributed by atoms with Gasteiger partial charge < -0.3 is 14.3 Å². The lowest BCUT2D eigenvalue weighted by atomic mass is 9.83. The van der Waals surface area contributed by atoms with Gasteiger partial charge in [0, 0.05) is 44.1 Å². The molecule has 0 unspecified atom stereocenters. The van der Waals surface area contributed by atoms with E-state index in [-0.39, 0.29) is 5.91 Å². The van der Waals surface area contributed by atoms with Crippen molar-refractivity contribution in [2.45, 2.75) is 70.8 Å². The zero-order valence-electron chi connectivity index (χ0n) is 15.7. The van der Waals surface area contributed by atoms with Gasteiger partial charge in [0.1, 0.15) is 5.76 Å². The normalized spacial score (nSPS) is 25.8. The van der Waals surface area contributed by atoms with E-state index < -0.39 is 0 Å². The Morgan fingerprint density at radius 1 is 1.23 bits per heavy atom. The molecule has 6 heteroatoms. The summed E-state index contributed by atoms with van der Waals surface area (Å²) in [5.74, 6) is 1.62. The summed E-state index contributed by atoms with van der Waals surface area (Å²) in [6, 6.07) is 0.304. The van der Waals surface area contributed by atoms with Crippen LogP contribution in [0.15, 0.2) is 4.52 Å². The standard InChI is InChI=1S/C20H29N3O3/c1-2-3-11-23-16-10-12-22(13-14(16)8-9-18(23)24)20(25)19-15-6-4-5-7-17(15)26-21-19/h14,16H,2-13H2,1H3/t14-,16+/m0/s1. The Labute approximate surface area is 154 Å². The van der Waals surface area contributed by atoms with Crippen molar-refractivity contribution in [3.05, 3.63) is 17.0 Å². The van der Waals surface area contributed by atoms with E-state index >= 15 is 0 Å². The summed E-state index contributed by atoms with van der Waals surface area (Å²) in [4.78, 5) is 29.4. The first kappa shape index (κ1) is 17.6. The molecule has 3 heterocycles. The van der Waals surface area contributed by atoms with Crippen LogP contribution < -0.4 is 0 Å². The number of carbonyl (C=O) groups excluding carboxylic acids is 2. The van der Waals surface area contributed by atoms with Crippen molar-refractivity contribution in [3.8, 4) is 0 Å². The highest BCUT2D eigenvalue weighted by atomic mass is 16.5. The molecule has 3 aliphatic rings. The van der Waals surface area contributed by atoms with Crippen molar-refractivity contribution in [1.82, 2.24) is 15.0 Å². The molecule has 2 saturated heterocycles. The van der Waals surface area contributed by atoms with E-state index in [1.807, 2.05) is 4.90 Å². The smallest absolute Gasteiger partial charge is 0.276 e. The molecule has 2 fully saturated rings. The lowest BCUT2D eigenvalue weighted by Gasteiger charge is -2.47. The van der Waals surface area contributed by atoms with Crippen molar-refractivity contribution < 1.29 is 14.1 Å². The average molecular weight is 359 g/mol. The molecule has 0 bridgehead atoms. The van der Waals surface area contributed by atoms with E-state index in [0.717, 1.165) is 75.8 Å². The summed E-state index contributed by atoms with van der Waals surface area (Å²) < 4.78 is 5.43. The second kappa shape index (κ2) is 7.41. The number of aryl methyl sites for hydroxylation is 1. The number of likely N-dealkylation sites (tertiary alicyclic amines) is 2. The average Bonchev–Trinajstić information content (AvgIpc) is 3.10. The van der Waals surface area contributed by atoms with E-state index in [1.54, 1.807) is 0 Å². The number of hydrogen-bond acceptors (Lipinski definition) is 4. The molecule has 0 spiro atoms. The molecule has 2 aliphatic heterocycles. The van der Waals surface area contributed by atoms with E-state index in [4.69, 9.17) is 4.52 Å². The molecule has 0 radical (unpaired) electrons. The number of piperidine rings is 2. The number of rotatable bonds is 4. The molecule has 26 heavy (non-hydrogen) atoms. The van der Waals surface area contributed by atoms with Crippen LogP contribution in [0, 0.1) is 5.92 Å². The molecule has 2 atom stereocenters. The van der Waals surface area contributed by atoms with Crippen LogP contribution in [0.4, 0.5) is 0 Å². The lowest BCUT2D eigenvalue weighted by Crippen LogP contribution is -2.57. The van der Waals surface area contributed by atoms with E-state index in [2.05, 4.69) is 17.0 Å². The van der Waals surface area contributed by atoms with Gasteiger partial charge in [-0.1, -0.05) is 18.5 Å². The molecule has 4 rings (SSSR count). The second-order valence-corrected chi connectivity index (χ2v) is 7.99. The van der Waals surface area contributed by atoms with Crippen LogP contribution in [0.5, 0.6) is 0 Å². The highest BCUT2D eigenvalue weighted by molar-refractivity contribution is 5.94. The second-order valence-electron chi connectivity index (χ2n) is 7.99. The van der Waals surface area contributed by atoms with Crippen LogP contribution in [0.1, 0.15) is 73.7 Å². The van der Waals surface area contributed by atoms with Crippen molar-refractivity contribution in [3.63, 3.8) is 0 Å². The maximum absolute atomic E-state index is 13.0. The molecule has 2 amide bonds. The SMILES string of the molecule is CCCCN1C(=O)CC[C@H]2CN(C(=O)c3noc4c3CCCC4)CC[C@H]21. The lowest BCUT2D eigenvalue weighted by molar-refractivity contribution is -0.140. The van der Waals surface area contributed by atoms with Gasteiger partial charge in [-0.2, -0.15) is 0 Å². The molecule has 1 aliphatic carbocycles. The Hall–Kier alpha value is -1.85. The van der Waals surface area contributed by atoms with Crippen LogP contribution in [-0.2, 0) is 17.6 Å². The predicted molar refractivity (Wildman–Crippen MR) is 96.8 cm³/mol. The van der Waals surface area contributed by atoms with Crippen LogP contribution in [0.2, 0.25) is 0 Å². The minimum Gasteiger partial charge on any atom is -0.360 e. The van der Waals surface area contributed by atoms with Crippen LogP contribution in [-0.4, -0.2) is 52.4 Å². The highest BCUT2D eigenvalue weighted by Crippen LogP contribution is 2.33. The first-order valence-corrected chi connectivity index (χ1v) is 10.2. The molecule has 1 aromatic heterocycles. The predicted octanol–water partition coefficient (Wildman–Crippen LogP) is 2.81. The third-order valence-electron chi connectivity index (χ3n) is 6.34. The number of fused-ring (bicyclic) bond motifs is 2. The Morgan fingerprint density at radius 3 is 2.92 bits per heavy atom. The topological polar surface area (TPSA) is 66.7 Å². The van der Waals surface area contributed by atoms with Gasteiger partial charge in [-0.05, 0) is 44.4 Å². The molecule has 142 valence electrons. The number of nitrogens with zero attached hydrogens (tertiary/aromatic N) is 3. The van der Waals surface area contributed by atoms with Crippen molar-refractivity contribution in [2.24, 2.45) is 5.92 Å². The fourth-order valence-electron chi connectivity index (χ4n) is 4.86. The Kier molecular flexibility index (Phi) is 5.00. The summed E-state index contributed by atoms with van der Waals surface area (Å²) in [7, 11) is 0. The van der Waals surface area contributed by atoms with E-state index in [0.29, 0.717) is 36.5 Å². The van der Waals surface area contributed by atoms with Gasteiger partial charge in [0.15, 0.2) is 5.69 Å². The summed E-state index contributed by atoms with van der Waals surface area (Å²) in [6.07, 6.45) is 8.57. The van der Waals surface area contributed by atoms with Crippen molar-refractivity contribution in [1.29, 1.82) is 0 Å². The number of carbonyl (C=O) groups is 2. The van der Waals surface area contributed by atoms with Crippen molar-refractivity contribution >= 4 is 11.8 Å². The highest BCUT2D eigenvalue weighted by Gasteiger charge is 2.41. The quantitative estimate of drug-likeness (QED) is 0.829. The zero-order chi connectivity index (χ0) is 18.1. The summed E-state index contributed by atoms with van der Waals surface area (Å²) in [5.41, 5.74) is 1.57. The van der Waals surface area contributed by atoms with Gasteiger partial charge in [0.05, 0.1) is 0 Å². The molecule has 0 saturated carbocycles. The third kappa shape index (κ3) is 3.14.